The minimum absolute atomic E-state index is 0.203. The molecule has 0 aliphatic rings. The predicted octanol–water partition coefficient (Wildman–Crippen LogP) is 13.7. The van der Waals surface area contributed by atoms with Crippen molar-refractivity contribution in [1.29, 1.82) is 0 Å². The van der Waals surface area contributed by atoms with Crippen LogP contribution in [-0.4, -0.2) is 41.0 Å². The Morgan fingerprint density at radius 3 is 1.28 bits per heavy atom. The summed E-state index contributed by atoms with van der Waals surface area (Å²) in [7, 11) is -4.76. The monoisotopic (exact) mass is 783 g/mol. The summed E-state index contributed by atoms with van der Waals surface area (Å²) in [4.78, 5) is 42.9. The number of ether oxygens (including phenoxy) is 2. The Kier molecular flexibility index (Phi) is 39.6. The minimum atomic E-state index is -4.76. The largest absolute Gasteiger partial charge is 0.469 e. The predicted molar refractivity (Wildman–Crippen MR) is 225 cm³/mol. The third-order valence-electron chi connectivity index (χ3n) is 9.63. The van der Waals surface area contributed by atoms with Gasteiger partial charge < -0.3 is 19.3 Å². The Balaban J connectivity index is 3.90. The zero-order valence-corrected chi connectivity index (χ0v) is 35.8. The molecule has 0 saturated carbocycles. The van der Waals surface area contributed by atoms with Gasteiger partial charge in [-0.25, -0.2) is 4.57 Å². The van der Waals surface area contributed by atoms with E-state index in [0.717, 1.165) is 64.2 Å². The third kappa shape index (κ3) is 43.0. The molecule has 0 aliphatic carbocycles. The molecule has 0 aromatic carbocycles. The van der Waals surface area contributed by atoms with Crippen LogP contribution in [-0.2, 0) is 28.2 Å². The molecular formula is C45H83O8P. The van der Waals surface area contributed by atoms with Crippen LogP contribution in [0.4, 0.5) is 0 Å². The molecule has 54 heavy (non-hydrogen) atoms. The van der Waals surface area contributed by atoms with Crippen molar-refractivity contribution in [3.8, 4) is 0 Å². The van der Waals surface area contributed by atoms with Gasteiger partial charge in [0, 0.05) is 12.8 Å². The molecule has 9 heteroatoms. The molecule has 0 heterocycles. The van der Waals surface area contributed by atoms with E-state index in [2.05, 4.69) is 54.8 Å². The highest BCUT2D eigenvalue weighted by Gasteiger charge is 2.22. The lowest BCUT2D eigenvalue weighted by molar-refractivity contribution is -0.161. The lowest BCUT2D eigenvalue weighted by Gasteiger charge is -2.18. The minimum Gasteiger partial charge on any atom is -0.462 e. The fourth-order valence-corrected chi connectivity index (χ4v) is 6.64. The summed E-state index contributed by atoms with van der Waals surface area (Å²) in [5.74, 6) is -0.893. The number of allylic oxidation sites excluding steroid dienone is 6. The van der Waals surface area contributed by atoms with Crippen molar-refractivity contribution in [3.63, 3.8) is 0 Å². The molecule has 0 saturated heterocycles. The number of carbonyl (C=O) groups is 2. The van der Waals surface area contributed by atoms with Gasteiger partial charge in [0.25, 0.3) is 0 Å². The van der Waals surface area contributed by atoms with E-state index in [4.69, 9.17) is 19.3 Å². The van der Waals surface area contributed by atoms with E-state index in [0.29, 0.717) is 6.42 Å². The van der Waals surface area contributed by atoms with Crippen molar-refractivity contribution in [3.05, 3.63) is 36.5 Å². The van der Waals surface area contributed by atoms with Crippen LogP contribution >= 0.6 is 7.82 Å². The molecule has 0 unspecified atom stereocenters. The van der Waals surface area contributed by atoms with Crippen molar-refractivity contribution in [1.82, 2.24) is 0 Å². The van der Waals surface area contributed by atoms with Crippen LogP contribution in [0, 0.1) is 0 Å². The Hall–Kier alpha value is -1.73. The molecular weight excluding hydrogens is 699 g/mol. The van der Waals surface area contributed by atoms with Crippen LogP contribution in [0.3, 0.4) is 0 Å². The number of esters is 2. The van der Waals surface area contributed by atoms with Gasteiger partial charge in [-0.2, -0.15) is 0 Å². The Bertz CT molecular complexity index is 973. The smallest absolute Gasteiger partial charge is 0.462 e. The number of carbonyl (C=O) groups excluding carboxylic acids is 2. The number of hydrogen-bond donors (Lipinski definition) is 2. The van der Waals surface area contributed by atoms with E-state index < -0.39 is 32.5 Å². The van der Waals surface area contributed by atoms with Crippen LogP contribution in [0.1, 0.15) is 219 Å². The molecule has 0 rings (SSSR count). The van der Waals surface area contributed by atoms with Crippen molar-refractivity contribution in [2.75, 3.05) is 13.2 Å². The summed E-state index contributed by atoms with van der Waals surface area (Å²) < 4.78 is 26.4. The van der Waals surface area contributed by atoms with Gasteiger partial charge in [-0.15, -0.1) is 0 Å². The summed E-state index contributed by atoms with van der Waals surface area (Å²) in [5, 5.41) is 0. The van der Waals surface area contributed by atoms with E-state index in [1.165, 1.54) is 122 Å². The molecule has 0 aromatic heterocycles. The zero-order chi connectivity index (χ0) is 39.6. The average molecular weight is 783 g/mol. The number of phosphoric ester groups is 1. The van der Waals surface area contributed by atoms with Crippen LogP contribution in [0.5, 0.6) is 0 Å². The maximum atomic E-state index is 12.4. The van der Waals surface area contributed by atoms with Gasteiger partial charge in [-0.3, -0.25) is 14.1 Å². The first kappa shape index (κ1) is 52.3. The van der Waals surface area contributed by atoms with Crippen LogP contribution in [0.2, 0.25) is 0 Å². The van der Waals surface area contributed by atoms with E-state index in [-0.39, 0.29) is 19.4 Å². The number of hydrogen-bond acceptors (Lipinski definition) is 6. The van der Waals surface area contributed by atoms with Gasteiger partial charge in [-0.05, 0) is 70.6 Å². The molecule has 0 radical (unpaired) electrons. The Morgan fingerprint density at radius 2 is 0.833 bits per heavy atom. The van der Waals surface area contributed by atoms with Crippen molar-refractivity contribution in [2.45, 2.75) is 225 Å². The number of rotatable bonds is 41. The molecule has 0 spiro atoms. The van der Waals surface area contributed by atoms with Crippen molar-refractivity contribution in [2.24, 2.45) is 0 Å². The average Bonchev–Trinajstić information content (AvgIpc) is 3.14. The maximum Gasteiger partial charge on any atom is 0.469 e. The van der Waals surface area contributed by atoms with Gasteiger partial charge in [0.2, 0.25) is 0 Å². The van der Waals surface area contributed by atoms with Gasteiger partial charge in [0.15, 0.2) is 6.10 Å². The van der Waals surface area contributed by atoms with E-state index in [1.54, 1.807) is 0 Å². The zero-order valence-electron chi connectivity index (χ0n) is 34.9. The lowest BCUT2D eigenvalue weighted by Crippen LogP contribution is -2.29. The summed E-state index contributed by atoms with van der Waals surface area (Å²) >= 11 is 0. The van der Waals surface area contributed by atoms with Gasteiger partial charge in [0.05, 0.1) is 6.61 Å². The number of unbranched alkanes of at least 4 members (excludes halogenated alkanes) is 25. The highest BCUT2D eigenvalue weighted by atomic mass is 31.2. The van der Waals surface area contributed by atoms with Gasteiger partial charge in [-0.1, -0.05) is 172 Å². The van der Waals surface area contributed by atoms with E-state index >= 15 is 0 Å². The van der Waals surface area contributed by atoms with E-state index in [1.807, 2.05) is 0 Å². The first-order chi connectivity index (χ1) is 26.3. The first-order valence-electron chi connectivity index (χ1n) is 22.3. The molecule has 0 bridgehead atoms. The molecule has 0 fully saturated rings. The number of phosphoric acid groups is 1. The molecule has 0 aliphatic heterocycles. The molecule has 2 N–H and O–H groups in total. The summed E-state index contributed by atoms with van der Waals surface area (Å²) in [6, 6.07) is 0. The summed E-state index contributed by atoms with van der Waals surface area (Å²) in [6.45, 7) is 3.67. The normalized spacial score (nSPS) is 12.7. The van der Waals surface area contributed by atoms with Crippen LogP contribution in [0.25, 0.3) is 0 Å². The molecule has 0 amide bonds. The first-order valence-corrected chi connectivity index (χ1v) is 23.8. The Labute approximate surface area is 332 Å². The summed E-state index contributed by atoms with van der Waals surface area (Å²) in [5.41, 5.74) is 0. The summed E-state index contributed by atoms with van der Waals surface area (Å²) in [6.07, 6.45) is 48.6. The van der Waals surface area contributed by atoms with Crippen molar-refractivity contribution >= 4 is 19.8 Å². The third-order valence-corrected chi connectivity index (χ3v) is 10.1. The van der Waals surface area contributed by atoms with Gasteiger partial charge in [0.1, 0.15) is 6.61 Å². The van der Waals surface area contributed by atoms with Crippen molar-refractivity contribution < 1.29 is 37.9 Å². The lowest BCUT2D eigenvalue weighted by atomic mass is 10.1. The van der Waals surface area contributed by atoms with Crippen LogP contribution < -0.4 is 0 Å². The Morgan fingerprint density at radius 1 is 0.481 bits per heavy atom. The van der Waals surface area contributed by atoms with Gasteiger partial charge >= 0.3 is 19.8 Å². The highest BCUT2D eigenvalue weighted by Crippen LogP contribution is 2.36. The highest BCUT2D eigenvalue weighted by molar-refractivity contribution is 7.46. The second-order valence-electron chi connectivity index (χ2n) is 15.0. The molecule has 8 nitrogen and oxygen atoms in total. The second kappa shape index (κ2) is 40.9. The van der Waals surface area contributed by atoms with Crippen LogP contribution in [0.15, 0.2) is 36.5 Å². The second-order valence-corrected chi connectivity index (χ2v) is 16.3. The fraction of sp³-hybridized carbons (Fsp3) is 0.822. The maximum absolute atomic E-state index is 12.4. The van der Waals surface area contributed by atoms with E-state index in [9.17, 15) is 14.2 Å². The standard InChI is InChI=1S/C45H83O8P/c1-3-5-7-9-11-13-15-17-19-21-22-24-25-27-29-31-33-35-37-39-44(46)51-41-43(42-52-54(48,49)50)53-45(47)40-38-36-34-32-30-28-26-23-20-18-16-14-12-10-8-6-4-2/h12,14,18,20-22,43H,3-11,13,15-17,19,23-42H2,1-2H3,(H2,48,49,50)/b14-12-,20-18-,22-21-/t43-/m1/s1. The molecule has 1 atom stereocenters. The quantitative estimate of drug-likeness (QED) is 0.0272. The topological polar surface area (TPSA) is 119 Å². The SMILES string of the molecule is CCCCC/C=C\C/C=C\CCCCCCCCCC(=O)O[C@H](COC(=O)CCCCCCCCC/C=C\CCCCCCCCCC)COP(=O)(O)O. The fourth-order valence-electron chi connectivity index (χ4n) is 6.28. The molecule has 316 valence electrons. The molecule has 0 aromatic rings.